The normalized spacial score (nSPS) is 24.6. The van der Waals surface area contributed by atoms with E-state index in [9.17, 15) is 9.59 Å². The number of nitrogens with two attached hydrogens (primary N) is 1. The minimum absolute atomic E-state index is 0.00892. The van der Waals surface area contributed by atoms with E-state index in [4.69, 9.17) is 5.73 Å². The molecule has 1 aliphatic rings. The standard InChI is InChI=1S/C11H21N3O2/c1-8-9(14(2)11(16)13-8)6-4-3-5-7-10(12)15/h8-9H,3-7H2,1-2H3,(H2,12,15)(H,13,16)/t8-,9+/m0/s1. The summed E-state index contributed by atoms with van der Waals surface area (Å²) in [4.78, 5) is 23.6. The predicted molar refractivity (Wildman–Crippen MR) is 61.8 cm³/mol. The van der Waals surface area contributed by atoms with Crippen LogP contribution in [-0.2, 0) is 4.79 Å². The van der Waals surface area contributed by atoms with E-state index in [1.807, 2.05) is 14.0 Å². The lowest BCUT2D eigenvalue weighted by Crippen LogP contribution is -2.32. The zero-order chi connectivity index (χ0) is 12.1. The lowest BCUT2D eigenvalue weighted by atomic mass is 10.0. The van der Waals surface area contributed by atoms with Crippen molar-refractivity contribution in [1.29, 1.82) is 0 Å². The van der Waals surface area contributed by atoms with Crippen molar-refractivity contribution in [3.63, 3.8) is 0 Å². The van der Waals surface area contributed by atoms with Crippen molar-refractivity contribution in [1.82, 2.24) is 10.2 Å². The molecule has 1 saturated heterocycles. The van der Waals surface area contributed by atoms with Crippen LogP contribution in [0.4, 0.5) is 4.79 Å². The number of hydrogen-bond donors (Lipinski definition) is 2. The number of likely N-dealkylation sites (N-methyl/N-ethyl adjacent to an activating group) is 1. The Morgan fingerprint density at radius 3 is 2.62 bits per heavy atom. The van der Waals surface area contributed by atoms with Crippen LogP contribution in [0.3, 0.4) is 0 Å². The van der Waals surface area contributed by atoms with Crippen molar-refractivity contribution in [2.24, 2.45) is 5.73 Å². The van der Waals surface area contributed by atoms with Gasteiger partial charge in [0.25, 0.3) is 0 Å². The van der Waals surface area contributed by atoms with Gasteiger partial charge in [0.1, 0.15) is 0 Å². The molecule has 0 aliphatic carbocycles. The van der Waals surface area contributed by atoms with Crippen molar-refractivity contribution in [2.45, 2.75) is 51.1 Å². The van der Waals surface area contributed by atoms with Crippen LogP contribution < -0.4 is 11.1 Å². The predicted octanol–water partition coefficient (Wildman–Crippen LogP) is 0.834. The van der Waals surface area contributed by atoms with Gasteiger partial charge in [0.2, 0.25) is 5.91 Å². The quantitative estimate of drug-likeness (QED) is 0.660. The number of hydrogen-bond acceptors (Lipinski definition) is 2. The lowest BCUT2D eigenvalue weighted by Gasteiger charge is -2.20. The maximum absolute atomic E-state index is 11.3. The van der Waals surface area contributed by atoms with Crippen molar-refractivity contribution in [3.8, 4) is 0 Å². The van der Waals surface area contributed by atoms with Crippen LogP contribution in [0.25, 0.3) is 0 Å². The van der Waals surface area contributed by atoms with Crippen molar-refractivity contribution < 1.29 is 9.59 Å². The van der Waals surface area contributed by atoms with Gasteiger partial charge < -0.3 is 16.0 Å². The van der Waals surface area contributed by atoms with Gasteiger partial charge in [-0.2, -0.15) is 0 Å². The zero-order valence-corrected chi connectivity index (χ0v) is 10.0. The van der Waals surface area contributed by atoms with E-state index < -0.39 is 0 Å². The van der Waals surface area contributed by atoms with Crippen LogP contribution >= 0.6 is 0 Å². The van der Waals surface area contributed by atoms with E-state index in [-0.39, 0.29) is 24.0 Å². The summed E-state index contributed by atoms with van der Waals surface area (Å²) in [6, 6.07) is 0.504. The van der Waals surface area contributed by atoms with Gasteiger partial charge in [0.05, 0.1) is 6.04 Å². The number of nitrogens with zero attached hydrogens (tertiary/aromatic N) is 1. The highest BCUT2D eigenvalue weighted by atomic mass is 16.2. The number of primary amides is 1. The van der Waals surface area contributed by atoms with Gasteiger partial charge in [-0.25, -0.2) is 4.79 Å². The summed E-state index contributed by atoms with van der Waals surface area (Å²) in [5.74, 6) is -0.233. The van der Waals surface area contributed by atoms with Crippen LogP contribution in [0, 0.1) is 0 Å². The number of amides is 3. The molecule has 0 aromatic rings. The number of nitrogens with one attached hydrogen (secondary N) is 1. The Labute approximate surface area is 96.4 Å². The van der Waals surface area contributed by atoms with E-state index in [2.05, 4.69) is 5.32 Å². The van der Waals surface area contributed by atoms with Gasteiger partial charge in [-0.1, -0.05) is 12.8 Å². The van der Waals surface area contributed by atoms with E-state index >= 15 is 0 Å². The fourth-order valence-electron chi connectivity index (χ4n) is 2.15. The van der Waals surface area contributed by atoms with Crippen molar-refractivity contribution in [2.75, 3.05) is 7.05 Å². The smallest absolute Gasteiger partial charge is 0.317 e. The van der Waals surface area contributed by atoms with Crippen molar-refractivity contribution >= 4 is 11.9 Å². The molecule has 1 heterocycles. The molecule has 3 N–H and O–H groups in total. The fraction of sp³-hybridized carbons (Fsp3) is 0.818. The van der Waals surface area contributed by atoms with Gasteiger partial charge in [0, 0.05) is 19.5 Å². The molecule has 1 aliphatic heterocycles. The number of carbonyl (C=O) groups excluding carboxylic acids is 2. The van der Waals surface area contributed by atoms with Gasteiger partial charge in [-0.15, -0.1) is 0 Å². The third kappa shape index (κ3) is 3.40. The fourth-order valence-corrected chi connectivity index (χ4v) is 2.15. The van der Waals surface area contributed by atoms with Crippen LogP contribution in [0.5, 0.6) is 0 Å². The summed E-state index contributed by atoms with van der Waals surface area (Å²) < 4.78 is 0. The Morgan fingerprint density at radius 1 is 1.44 bits per heavy atom. The largest absolute Gasteiger partial charge is 0.370 e. The number of unbranched alkanes of at least 4 members (excludes halogenated alkanes) is 2. The average molecular weight is 227 g/mol. The summed E-state index contributed by atoms with van der Waals surface area (Å²) >= 11 is 0. The molecule has 3 amide bonds. The summed E-state index contributed by atoms with van der Waals surface area (Å²) in [7, 11) is 1.83. The molecule has 0 aromatic heterocycles. The molecule has 1 rings (SSSR count). The molecule has 0 unspecified atom stereocenters. The minimum Gasteiger partial charge on any atom is -0.370 e. The van der Waals surface area contributed by atoms with Crippen LogP contribution in [0.1, 0.15) is 39.0 Å². The molecule has 5 nitrogen and oxygen atoms in total. The molecular weight excluding hydrogens is 206 g/mol. The van der Waals surface area contributed by atoms with E-state index in [1.165, 1.54) is 0 Å². The zero-order valence-electron chi connectivity index (χ0n) is 10.0. The van der Waals surface area contributed by atoms with Gasteiger partial charge in [-0.3, -0.25) is 4.79 Å². The van der Waals surface area contributed by atoms with E-state index in [0.29, 0.717) is 6.42 Å². The average Bonchev–Trinajstić information content (AvgIpc) is 2.43. The molecule has 0 aromatic carbocycles. The molecule has 16 heavy (non-hydrogen) atoms. The molecular formula is C11H21N3O2. The van der Waals surface area contributed by atoms with Gasteiger partial charge in [0.15, 0.2) is 0 Å². The highest BCUT2D eigenvalue weighted by molar-refractivity contribution is 5.77. The maximum atomic E-state index is 11.3. The number of urea groups is 1. The van der Waals surface area contributed by atoms with E-state index in [1.54, 1.807) is 4.90 Å². The first-order chi connectivity index (χ1) is 7.52. The Hall–Kier alpha value is -1.26. The summed E-state index contributed by atoms with van der Waals surface area (Å²) in [5.41, 5.74) is 5.06. The molecule has 92 valence electrons. The van der Waals surface area contributed by atoms with Gasteiger partial charge in [-0.05, 0) is 19.8 Å². The second kappa shape index (κ2) is 5.72. The van der Waals surface area contributed by atoms with Crippen molar-refractivity contribution in [3.05, 3.63) is 0 Å². The maximum Gasteiger partial charge on any atom is 0.317 e. The first kappa shape index (κ1) is 12.8. The summed E-state index contributed by atoms with van der Waals surface area (Å²) in [6.45, 7) is 2.02. The molecule has 1 fully saturated rings. The Bertz CT molecular complexity index is 268. The first-order valence-corrected chi connectivity index (χ1v) is 5.84. The molecule has 5 heteroatoms. The van der Waals surface area contributed by atoms with E-state index in [0.717, 1.165) is 25.7 Å². The number of rotatable bonds is 6. The van der Waals surface area contributed by atoms with Crippen LogP contribution in [-0.4, -0.2) is 36.0 Å². The highest BCUT2D eigenvalue weighted by Crippen LogP contribution is 2.17. The second-order valence-corrected chi connectivity index (χ2v) is 4.48. The topological polar surface area (TPSA) is 75.4 Å². The monoisotopic (exact) mass is 227 g/mol. The molecule has 0 saturated carbocycles. The van der Waals surface area contributed by atoms with Crippen LogP contribution in [0.15, 0.2) is 0 Å². The molecule has 0 spiro atoms. The summed E-state index contributed by atoms with van der Waals surface area (Å²) in [5, 5.41) is 2.89. The minimum atomic E-state index is -0.233. The third-order valence-electron chi connectivity index (χ3n) is 3.17. The molecule has 0 radical (unpaired) electrons. The SMILES string of the molecule is C[C@@H]1NC(=O)N(C)[C@@H]1CCCCCC(N)=O. The Morgan fingerprint density at radius 2 is 2.12 bits per heavy atom. The Balaban J connectivity index is 2.17. The summed E-state index contributed by atoms with van der Waals surface area (Å²) in [6.07, 6.45) is 4.32. The molecule has 0 bridgehead atoms. The molecule has 2 atom stereocenters. The Kier molecular flexibility index (Phi) is 4.58. The second-order valence-electron chi connectivity index (χ2n) is 4.48. The number of carbonyl (C=O) groups is 2. The van der Waals surface area contributed by atoms with Crippen LogP contribution in [0.2, 0.25) is 0 Å². The first-order valence-electron chi connectivity index (χ1n) is 5.84. The van der Waals surface area contributed by atoms with Gasteiger partial charge >= 0.3 is 6.03 Å². The lowest BCUT2D eigenvalue weighted by molar-refractivity contribution is -0.118. The highest BCUT2D eigenvalue weighted by Gasteiger charge is 2.32. The third-order valence-corrected chi connectivity index (χ3v) is 3.17.